The van der Waals surface area contributed by atoms with Gasteiger partial charge in [0.25, 0.3) is 10.0 Å². The second-order valence-electron chi connectivity index (χ2n) is 4.53. The molecule has 0 fully saturated rings. The molecule has 6 heteroatoms. The minimum atomic E-state index is -3.60. The molecule has 0 unspecified atom stereocenters. The van der Waals surface area contributed by atoms with E-state index in [1.165, 1.54) is 6.20 Å². The monoisotopic (exact) mass is 279 g/mol. The number of nitrogens with one attached hydrogen (secondary N) is 2. The fourth-order valence-electron chi connectivity index (χ4n) is 1.90. The molecule has 0 saturated carbocycles. The van der Waals surface area contributed by atoms with Crippen molar-refractivity contribution in [2.45, 2.75) is 32.2 Å². The fraction of sp³-hybridized carbons (Fsp3) is 0.308. The lowest BCUT2D eigenvalue weighted by atomic mass is 10.1. The summed E-state index contributed by atoms with van der Waals surface area (Å²) in [5, 5.41) is 0.0866. The van der Waals surface area contributed by atoms with E-state index in [4.69, 9.17) is 0 Å². The zero-order chi connectivity index (χ0) is 14.0. The minimum absolute atomic E-state index is 0.0866. The van der Waals surface area contributed by atoms with Crippen molar-refractivity contribution in [1.82, 2.24) is 9.97 Å². The van der Waals surface area contributed by atoms with Crippen LogP contribution < -0.4 is 4.72 Å². The van der Waals surface area contributed by atoms with Crippen molar-refractivity contribution >= 4 is 15.7 Å². The van der Waals surface area contributed by atoms with Crippen LogP contribution in [0.1, 0.15) is 23.9 Å². The van der Waals surface area contributed by atoms with Crippen LogP contribution in [-0.4, -0.2) is 18.4 Å². The number of imidazole rings is 1. The molecule has 1 heterocycles. The number of aromatic amines is 1. The Kier molecular flexibility index (Phi) is 3.61. The van der Waals surface area contributed by atoms with E-state index >= 15 is 0 Å². The number of anilines is 1. The molecule has 0 atom stereocenters. The van der Waals surface area contributed by atoms with E-state index in [1.807, 2.05) is 26.8 Å². The van der Waals surface area contributed by atoms with Gasteiger partial charge in [-0.15, -0.1) is 0 Å². The first-order valence-corrected chi connectivity index (χ1v) is 7.54. The Morgan fingerprint density at radius 2 is 1.84 bits per heavy atom. The number of hydrogen-bond donors (Lipinski definition) is 2. The second kappa shape index (κ2) is 5.05. The Hall–Kier alpha value is -1.82. The molecule has 0 bridgehead atoms. The summed E-state index contributed by atoms with van der Waals surface area (Å²) < 4.78 is 26.9. The first-order valence-electron chi connectivity index (χ1n) is 6.05. The Labute approximate surface area is 113 Å². The lowest BCUT2D eigenvalue weighted by molar-refractivity contribution is 0.598. The number of H-pyrrole nitrogens is 1. The van der Waals surface area contributed by atoms with Crippen LogP contribution in [-0.2, 0) is 16.4 Å². The van der Waals surface area contributed by atoms with Crippen LogP contribution in [0, 0.1) is 13.8 Å². The van der Waals surface area contributed by atoms with E-state index in [0.717, 1.165) is 11.1 Å². The Bertz CT molecular complexity index is 669. The molecule has 0 aliphatic rings. The molecule has 0 radical (unpaired) electrons. The molecule has 19 heavy (non-hydrogen) atoms. The van der Waals surface area contributed by atoms with Crippen molar-refractivity contribution in [3.63, 3.8) is 0 Å². The zero-order valence-corrected chi connectivity index (χ0v) is 12.0. The van der Waals surface area contributed by atoms with Crippen molar-refractivity contribution in [3.05, 3.63) is 41.3 Å². The van der Waals surface area contributed by atoms with Gasteiger partial charge in [0.15, 0.2) is 5.03 Å². The van der Waals surface area contributed by atoms with Crippen LogP contribution in [0.2, 0.25) is 0 Å². The molecule has 0 saturated heterocycles. The van der Waals surface area contributed by atoms with E-state index in [9.17, 15) is 8.42 Å². The molecule has 0 aliphatic carbocycles. The largest absolute Gasteiger partial charge is 0.332 e. The number of nitrogens with zero attached hydrogens (tertiary/aromatic N) is 1. The molecule has 1 aromatic heterocycles. The molecule has 2 rings (SSSR count). The molecule has 1 aromatic carbocycles. The topological polar surface area (TPSA) is 74.8 Å². The third kappa shape index (κ3) is 3.14. The molecule has 102 valence electrons. The number of benzene rings is 1. The molecule has 2 aromatic rings. The maximum Gasteiger partial charge on any atom is 0.278 e. The molecular weight excluding hydrogens is 262 g/mol. The van der Waals surface area contributed by atoms with Crippen LogP contribution >= 0.6 is 0 Å². The lowest BCUT2D eigenvalue weighted by Gasteiger charge is -2.08. The van der Waals surface area contributed by atoms with E-state index in [2.05, 4.69) is 14.7 Å². The Morgan fingerprint density at radius 3 is 2.37 bits per heavy atom. The van der Waals surface area contributed by atoms with Gasteiger partial charge in [0.2, 0.25) is 0 Å². The quantitative estimate of drug-likeness (QED) is 0.902. The molecular formula is C13H17N3O2S. The highest BCUT2D eigenvalue weighted by molar-refractivity contribution is 7.92. The fourth-order valence-corrected chi connectivity index (χ4v) is 2.89. The number of aromatic nitrogens is 2. The average molecular weight is 279 g/mol. The minimum Gasteiger partial charge on any atom is -0.332 e. The van der Waals surface area contributed by atoms with Gasteiger partial charge in [-0.25, -0.2) is 4.98 Å². The van der Waals surface area contributed by atoms with Crippen molar-refractivity contribution in [2.24, 2.45) is 0 Å². The molecule has 2 N–H and O–H groups in total. The lowest BCUT2D eigenvalue weighted by Crippen LogP contribution is -2.13. The maximum atomic E-state index is 12.2. The van der Waals surface area contributed by atoms with Gasteiger partial charge in [0.1, 0.15) is 5.82 Å². The number of hydrogen-bond acceptors (Lipinski definition) is 3. The number of aryl methyl sites for hydroxylation is 3. The molecule has 0 spiro atoms. The van der Waals surface area contributed by atoms with Gasteiger partial charge in [0.05, 0.1) is 6.20 Å². The van der Waals surface area contributed by atoms with Gasteiger partial charge in [-0.2, -0.15) is 8.42 Å². The van der Waals surface area contributed by atoms with Crippen molar-refractivity contribution in [1.29, 1.82) is 0 Å². The third-order valence-corrected chi connectivity index (χ3v) is 3.99. The summed E-state index contributed by atoms with van der Waals surface area (Å²) in [6.45, 7) is 5.76. The highest BCUT2D eigenvalue weighted by Gasteiger charge is 2.17. The van der Waals surface area contributed by atoms with Crippen molar-refractivity contribution < 1.29 is 8.42 Å². The van der Waals surface area contributed by atoms with Gasteiger partial charge in [-0.3, -0.25) is 4.72 Å². The summed E-state index contributed by atoms with van der Waals surface area (Å²) in [5.74, 6) is 0.654. The van der Waals surface area contributed by atoms with Crippen LogP contribution in [0.3, 0.4) is 0 Å². The van der Waals surface area contributed by atoms with E-state index in [-0.39, 0.29) is 5.03 Å². The van der Waals surface area contributed by atoms with E-state index < -0.39 is 10.0 Å². The second-order valence-corrected chi connectivity index (χ2v) is 6.18. The van der Waals surface area contributed by atoms with Crippen LogP contribution in [0.15, 0.2) is 29.4 Å². The summed E-state index contributed by atoms with van der Waals surface area (Å²) in [6, 6.07) is 5.58. The first-order chi connectivity index (χ1) is 8.90. The van der Waals surface area contributed by atoms with E-state index in [1.54, 1.807) is 12.1 Å². The smallest absolute Gasteiger partial charge is 0.278 e. The van der Waals surface area contributed by atoms with E-state index in [0.29, 0.717) is 17.9 Å². The summed E-state index contributed by atoms with van der Waals surface area (Å²) in [6.07, 6.45) is 2.00. The van der Waals surface area contributed by atoms with Gasteiger partial charge < -0.3 is 4.98 Å². The molecule has 0 aliphatic heterocycles. The normalized spacial score (nSPS) is 11.5. The van der Waals surface area contributed by atoms with Crippen LogP contribution in [0.5, 0.6) is 0 Å². The summed E-state index contributed by atoms with van der Waals surface area (Å²) in [7, 11) is -3.60. The van der Waals surface area contributed by atoms with Gasteiger partial charge in [0, 0.05) is 12.1 Å². The van der Waals surface area contributed by atoms with Crippen molar-refractivity contribution in [3.8, 4) is 0 Å². The predicted molar refractivity (Wildman–Crippen MR) is 74.7 cm³/mol. The summed E-state index contributed by atoms with van der Waals surface area (Å²) in [5.41, 5.74) is 2.58. The highest BCUT2D eigenvalue weighted by atomic mass is 32.2. The summed E-state index contributed by atoms with van der Waals surface area (Å²) in [4.78, 5) is 6.79. The Morgan fingerprint density at radius 1 is 1.21 bits per heavy atom. The van der Waals surface area contributed by atoms with Gasteiger partial charge in [-0.1, -0.05) is 13.0 Å². The number of sulfonamides is 1. The standard InChI is InChI=1S/C13H17N3O2S/c1-4-12-14-8-13(15-12)19(17,18)16-11-6-9(2)5-10(3)7-11/h5-8,16H,4H2,1-3H3,(H,14,15). The third-order valence-electron chi connectivity index (χ3n) is 2.70. The predicted octanol–water partition coefficient (Wildman–Crippen LogP) is 2.39. The maximum absolute atomic E-state index is 12.2. The average Bonchev–Trinajstić information content (AvgIpc) is 2.75. The van der Waals surface area contributed by atoms with Crippen LogP contribution in [0.25, 0.3) is 0 Å². The Balaban J connectivity index is 2.30. The first kappa shape index (κ1) is 13.6. The van der Waals surface area contributed by atoms with Crippen LogP contribution in [0.4, 0.5) is 5.69 Å². The number of rotatable bonds is 4. The van der Waals surface area contributed by atoms with Gasteiger partial charge in [-0.05, 0) is 37.1 Å². The SMILES string of the molecule is CCc1ncc(S(=O)(=O)Nc2cc(C)cc(C)c2)[nH]1. The van der Waals surface area contributed by atoms with Crippen molar-refractivity contribution in [2.75, 3.05) is 4.72 Å². The summed E-state index contributed by atoms with van der Waals surface area (Å²) >= 11 is 0. The van der Waals surface area contributed by atoms with Gasteiger partial charge >= 0.3 is 0 Å². The molecule has 5 nitrogen and oxygen atoms in total. The molecule has 0 amide bonds. The zero-order valence-electron chi connectivity index (χ0n) is 11.2. The highest BCUT2D eigenvalue weighted by Crippen LogP contribution is 2.18.